The minimum atomic E-state index is -0.00789. The highest BCUT2D eigenvalue weighted by Crippen LogP contribution is 2.30. The van der Waals surface area contributed by atoms with Gasteiger partial charge < -0.3 is 15.1 Å². The molecule has 0 bridgehead atoms. The second kappa shape index (κ2) is 10.9. The lowest BCUT2D eigenvalue weighted by Crippen LogP contribution is -2.50. The fourth-order valence-corrected chi connectivity index (χ4v) is 4.97. The largest absolute Gasteiger partial charge is 0.351 e. The number of carbonyl (C=O) groups is 1. The van der Waals surface area contributed by atoms with E-state index in [4.69, 9.17) is 0 Å². The summed E-state index contributed by atoms with van der Waals surface area (Å²) in [6.45, 7) is 8.46. The zero-order valence-corrected chi connectivity index (χ0v) is 18.6. The lowest BCUT2D eigenvalue weighted by atomic mass is 9.84. The lowest BCUT2D eigenvalue weighted by Gasteiger charge is -2.44. The third-order valence-electron chi connectivity index (χ3n) is 6.95. The van der Waals surface area contributed by atoms with Crippen molar-refractivity contribution in [2.75, 3.05) is 33.2 Å². The predicted molar refractivity (Wildman–Crippen MR) is 122 cm³/mol. The molecule has 1 saturated heterocycles. The normalized spacial score (nSPS) is 24.3. The van der Waals surface area contributed by atoms with Crippen molar-refractivity contribution < 1.29 is 4.79 Å². The van der Waals surface area contributed by atoms with Gasteiger partial charge in [0.15, 0.2) is 0 Å². The highest BCUT2D eigenvalue weighted by molar-refractivity contribution is 5.91. The molecule has 2 fully saturated rings. The summed E-state index contributed by atoms with van der Waals surface area (Å²) < 4.78 is 0. The minimum Gasteiger partial charge on any atom is -0.351 e. The molecular weight excluding hydrogens is 358 g/mol. The van der Waals surface area contributed by atoms with Crippen molar-refractivity contribution >= 4 is 12.0 Å². The van der Waals surface area contributed by atoms with Crippen LogP contribution >= 0.6 is 0 Å². The van der Waals surface area contributed by atoms with Crippen molar-refractivity contribution in [3.05, 3.63) is 41.5 Å². The van der Waals surface area contributed by atoms with Crippen molar-refractivity contribution in [3.8, 4) is 0 Å². The number of hydrogen-bond acceptors (Lipinski definition) is 3. The molecule has 0 aromatic heterocycles. The van der Waals surface area contributed by atoms with Gasteiger partial charge in [-0.15, -0.1) is 0 Å². The van der Waals surface area contributed by atoms with Crippen molar-refractivity contribution in [3.63, 3.8) is 0 Å². The summed E-state index contributed by atoms with van der Waals surface area (Å²) >= 11 is 0. The first-order valence-electron chi connectivity index (χ1n) is 11.5. The van der Waals surface area contributed by atoms with Gasteiger partial charge in [-0.2, -0.15) is 0 Å². The maximum Gasteiger partial charge on any atom is 0.244 e. The molecule has 1 aromatic carbocycles. The van der Waals surface area contributed by atoms with Gasteiger partial charge in [-0.1, -0.05) is 49.6 Å². The Labute approximate surface area is 177 Å². The van der Waals surface area contributed by atoms with E-state index < -0.39 is 0 Å². The third-order valence-corrected chi connectivity index (χ3v) is 6.95. The Balaban J connectivity index is 1.33. The SMILES string of the molecule is Cc1ccc(/C=C/C(=O)NCCN2CCC(N(C)[C@@H]3CCCC[C@H]3C)CC2)cc1. The van der Waals surface area contributed by atoms with Crippen LogP contribution in [0.25, 0.3) is 6.08 Å². The summed E-state index contributed by atoms with van der Waals surface area (Å²) in [4.78, 5) is 17.2. The Kier molecular flexibility index (Phi) is 8.31. The number of nitrogens with zero attached hydrogens (tertiary/aromatic N) is 2. The number of aryl methyl sites for hydroxylation is 1. The van der Waals surface area contributed by atoms with Crippen LogP contribution in [0.2, 0.25) is 0 Å². The van der Waals surface area contributed by atoms with Crippen molar-refractivity contribution in [2.45, 2.75) is 64.5 Å². The summed E-state index contributed by atoms with van der Waals surface area (Å²) in [7, 11) is 2.35. The first-order chi connectivity index (χ1) is 14.0. The summed E-state index contributed by atoms with van der Waals surface area (Å²) in [5.41, 5.74) is 2.29. The van der Waals surface area contributed by atoms with Gasteiger partial charge in [0.25, 0.3) is 0 Å². The van der Waals surface area contributed by atoms with Gasteiger partial charge in [-0.3, -0.25) is 4.79 Å². The molecule has 1 saturated carbocycles. The second-order valence-electron chi connectivity index (χ2n) is 9.10. The van der Waals surface area contributed by atoms with Gasteiger partial charge in [0.1, 0.15) is 0 Å². The van der Waals surface area contributed by atoms with Crippen molar-refractivity contribution in [1.29, 1.82) is 0 Å². The molecule has 4 heteroatoms. The molecule has 2 atom stereocenters. The van der Waals surface area contributed by atoms with E-state index in [1.807, 2.05) is 18.2 Å². The van der Waals surface area contributed by atoms with Crippen LogP contribution < -0.4 is 5.32 Å². The third kappa shape index (κ3) is 6.68. The van der Waals surface area contributed by atoms with Crippen molar-refractivity contribution in [2.24, 2.45) is 5.92 Å². The molecule has 1 aliphatic heterocycles. The molecule has 0 spiro atoms. The van der Waals surface area contributed by atoms with E-state index in [1.54, 1.807) is 6.08 Å². The number of nitrogens with one attached hydrogen (secondary N) is 1. The van der Waals surface area contributed by atoms with E-state index in [9.17, 15) is 4.79 Å². The quantitative estimate of drug-likeness (QED) is 0.704. The van der Waals surface area contributed by atoms with Crippen LogP contribution in [0.1, 0.15) is 56.6 Å². The number of rotatable bonds is 7. The van der Waals surface area contributed by atoms with E-state index in [0.29, 0.717) is 0 Å². The molecule has 1 amide bonds. The summed E-state index contributed by atoms with van der Waals surface area (Å²) in [6, 6.07) is 9.70. The van der Waals surface area contributed by atoms with Gasteiger partial charge in [-0.05, 0) is 70.3 Å². The average molecular weight is 398 g/mol. The zero-order chi connectivity index (χ0) is 20.6. The minimum absolute atomic E-state index is 0.00789. The highest BCUT2D eigenvalue weighted by Gasteiger charge is 2.31. The Hall–Kier alpha value is -1.65. The lowest BCUT2D eigenvalue weighted by molar-refractivity contribution is -0.116. The molecule has 160 valence electrons. The second-order valence-corrected chi connectivity index (χ2v) is 9.10. The Morgan fingerprint density at radius 1 is 1.14 bits per heavy atom. The van der Waals surface area contributed by atoms with Crippen LogP contribution in [0.5, 0.6) is 0 Å². The molecule has 1 aromatic rings. The van der Waals surface area contributed by atoms with Crippen LogP contribution in [0.4, 0.5) is 0 Å². The summed E-state index contributed by atoms with van der Waals surface area (Å²) in [5, 5.41) is 3.03. The van der Waals surface area contributed by atoms with Gasteiger partial charge in [0.2, 0.25) is 5.91 Å². The van der Waals surface area contributed by atoms with E-state index in [0.717, 1.165) is 49.7 Å². The molecule has 29 heavy (non-hydrogen) atoms. The monoisotopic (exact) mass is 397 g/mol. The molecule has 0 unspecified atom stereocenters. The van der Waals surface area contributed by atoms with Gasteiger partial charge in [0.05, 0.1) is 0 Å². The number of carbonyl (C=O) groups excluding carboxylic acids is 1. The summed E-state index contributed by atoms with van der Waals surface area (Å²) in [5.74, 6) is 0.835. The summed E-state index contributed by atoms with van der Waals surface area (Å²) in [6.07, 6.45) is 11.6. The zero-order valence-electron chi connectivity index (χ0n) is 18.6. The number of amides is 1. The molecule has 2 aliphatic rings. The number of benzene rings is 1. The first kappa shape index (κ1) is 22.0. The van der Waals surface area contributed by atoms with Gasteiger partial charge in [-0.25, -0.2) is 0 Å². The molecule has 1 heterocycles. The highest BCUT2D eigenvalue weighted by atomic mass is 16.1. The van der Waals surface area contributed by atoms with E-state index in [-0.39, 0.29) is 5.91 Å². The molecule has 1 N–H and O–H groups in total. The topological polar surface area (TPSA) is 35.6 Å². The van der Waals surface area contributed by atoms with Crippen LogP contribution in [0.15, 0.2) is 30.3 Å². The van der Waals surface area contributed by atoms with E-state index >= 15 is 0 Å². The predicted octanol–water partition coefficient (Wildman–Crippen LogP) is 4.10. The van der Waals surface area contributed by atoms with Gasteiger partial charge >= 0.3 is 0 Å². The molecule has 0 radical (unpaired) electrons. The van der Waals surface area contributed by atoms with Crippen LogP contribution in [-0.2, 0) is 4.79 Å². The maximum absolute atomic E-state index is 12.0. The molecular formula is C25H39N3O. The Morgan fingerprint density at radius 2 is 1.83 bits per heavy atom. The van der Waals surface area contributed by atoms with Crippen LogP contribution in [0.3, 0.4) is 0 Å². The standard InChI is InChI=1S/C25H39N3O/c1-20-8-10-22(11-9-20)12-13-25(29)26-16-19-28-17-14-23(15-18-28)27(3)24-7-5-4-6-21(24)2/h8-13,21,23-24H,4-7,14-19H2,1-3H3,(H,26,29)/b13-12+/t21-,24-/m1/s1. The molecule has 3 rings (SSSR count). The molecule has 1 aliphatic carbocycles. The van der Waals surface area contributed by atoms with E-state index in [2.05, 4.69) is 48.1 Å². The van der Waals surface area contributed by atoms with Crippen LogP contribution in [-0.4, -0.2) is 61.0 Å². The number of hydrogen-bond donors (Lipinski definition) is 1. The fraction of sp³-hybridized carbons (Fsp3) is 0.640. The molecule has 4 nitrogen and oxygen atoms in total. The maximum atomic E-state index is 12.0. The van der Waals surface area contributed by atoms with Crippen molar-refractivity contribution in [1.82, 2.24) is 15.1 Å². The number of piperidine rings is 1. The van der Waals surface area contributed by atoms with Gasteiger partial charge in [0, 0.05) is 31.2 Å². The Morgan fingerprint density at radius 3 is 2.52 bits per heavy atom. The fourth-order valence-electron chi connectivity index (χ4n) is 4.97. The van der Waals surface area contributed by atoms with Crippen LogP contribution in [0, 0.1) is 12.8 Å². The van der Waals surface area contributed by atoms with E-state index in [1.165, 1.54) is 44.1 Å². The smallest absolute Gasteiger partial charge is 0.244 e. The average Bonchev–Trinajstić information content (AvgIpc) is 2.74. The number of likely N-dealkylation sites (tertiary alicyclic amines) is 1. The first-order valence-corrected chi connectivity index (χ1v) is 11.5. The Bertz CT molecular complexity index is 661.